The van der Waals surface area contributed by atoms with Gasteiger partial charge in [0.2, 0.25) is 0 Å². The van der Waals surface area contributed by atoms with E-state index in [1.165, 1.54) is 5.32 Å². The van der Waals surface area contributed by atoms with Gasteiger partial charge in [-0.3, -0.25) is 14.9 Å². The molecule has 6 nitrogen and oxygen atoms in total. The zero-order valence-corrected chi connectivity index (χ0v) is 10.9. The highest BCUT2D eigenvalue weighted by Crippen LogP contribution is 2.27. The van der Waals surface area contributed by atoms with Gasteiger partial charge in [-0.15, -0.1) is 0 Å². The van der Waals surface area contributed by atoms with Crippen molar-refractivity contribution in [3.8, 4) is 5.75 Å². The van der Waals surface area contributed by atoms with Gasteiger partial charge in [0.15, 0.2) is 0 Å². The summed E-state index contributed by atoms with van der Waals surface area (Å²) in [6, 6.07) is -0.242. The second kappa shape index (κ2) is 6.54. The first-order valence-electron chi connectivity index (χ1n) is 5.63. The lowest BCUT2D eigenvalue weighted by Crippen LogP contribution is -2.43. The van der Waals surface area contributed by atoms with E-state index in [0.717, 1.165) is 6.07 Å². The standard InChI is InChI=1S/C11H9F5N2O4/c1-5(11(14,15)16)17-9(19)7-4-6(18(20)21)2-3-8(7)22-10(12)13/h2-5,10H,1H3,(H,17,19)/t5-/m0/s1. The lowest BCUT2D eigenvalue weighted by atomic mass is 10.1. The van der Waals surface area contributed by atoms with E-state index >= 15 is 0 Å². The van der Waals surface area contributed by atoms with E-state index in [1.54, 1.807) is 0 Å². The number of ether oxygens (including phenoxy) is 1. The number of hydrogen-bond acceptors (Lipinski definition) is 4. The highest BCUT2D eigenvalue weighted by molar-refractivity contribution is 5.97. The summed E-state index contributed by atoms with van der Waals surface area (Å²) in [6.45, 7) is -2.73. The van der Waals surface area contributed by atoms with Crippen LogP contribution in [0.25, 0.3) is 0 Å². The molecule has 1 N–H and O–H groups in total. The lowest BCUT2D eigenvalue weighted by molar-refractivity contribution is -0.384. The predicted octanol–water partition coefficient (Wildman–Crippen LogP) is 2.88. The van der Waals surface area contributed by atoms with E-state index in [1.807, 2.05) is 0 Å². The summed E-state index contributed by atoms with van der Waals surface area (Å²) in [5.41, 5.74) is -1.46. The predicted molar refractivity (Wildman–Crippen MR) is 62.7 cm³/mol. The van der Waals surface area contributed by atoms with E-state index < -0.39 is 46.7 Å². The molecule has 0 bridgehead atoms. The molecule has 1 aromatic carbocycles. The van der Waals surface area contributed by atoms with E-state index in [2.05, 4.69) is 4.74 Å². The topological polar surface area (TPSA) is 81.5 Å². The summed E-state index contributed by atoms with van der Waals surface area (Å²) < 4.78 is 65.5. The van der Waals surface area contributed by atoms with Crippen molar-refractivity contribution < 1.29 is 36.4 Å². The number of non-ortho nitro benzene ring substituents is 1. The monoisotopic (exact) mass is 328 g/mol. The van der Waals surface area contributed by atoms with Gasteiger partial charge in [-0.2, -0.15) is 22.0 Å². The van der Waals surface area contributed by atoms with E-state index in [-0.39, 0.29) is 0 Å². The quantitative estimate of drug-likeness (QED) is 0.512. The Hall–Kier alpha value is -2.46. The molecule has 11 heteroatoms. The second-order valence-electron chi connectivity index (χ2n) is 4.05. The van der Waals surface area contributed by atoms with Crippen LogP contribution >= 0.6 is 0 Å². The van der Waals surface area contributed by atoms with Crippen molar-refractivity contribution in [1.82, 2.24) is 5.32 Å². The Balaban J connectivity index is 3.15. The van der Waals surface area contributed by atoms with Crippen molar-refractivity contribution in [2.75, 3.05) is 0 Å². The molecule has 122 valence electrons. The van der Waals surface area contributed by atoms with Crippen LogP contribution in [0, 0.1) is 10.1 Å². The van der Waals surface area contributed by atoms with E-state index in [4.69, 9.17) is 0 Å². The summed E-state index contributed by atoms with van der Waals surface area (Å²) in [5, 5.41) is 12.1. The number of benzene rings is 1. The highest BCUT2D eigenvalue weighted by atomic mass is 19.4. The molecule has 0 heterocycles. The molecule has 0 aliphatic rings. The second-order valence-corrected chi connectivity index (χ2v) is 4.05. The maximum atomic E-state index is 12.4. The van der Waals surface area contributed by atoms with Crippen molar-refractivity contribution >= 4 is 11.6 Å². The molecular formula is C11H9F5N2O4. The molecule has 0 saturated heterocycles. The number of amides is 1. The normalized spacial score (nSPS) is 12.9. The Kier molecular flexibility index (Phi) is 5.23. The molecule has 0 aliphatic heterocycles. The summed E-state index contributed by atoms with van der Waals surface area (Å²) in [5.74, 6) is -2.20. The summed E-state index contributed by atoms with van der Waals surface area (Å²) in [6.07, 6.45) is -4.76. The largest absolute Gasteiger partial charge is 0.434 e. The molecular weight excluding hydrogens is 319 g/mol. The van der Waals surface area contributed by atoms with Crippen LogP contribution in [0.1, 0.15) is 17.3 Å². The summed E-state index contributed by atoms with van der Waals surface area (Å²) in [7, 11) is 0. The van der Waals surface area contributed by atoms with Crippen LogP contribution in [-0.4, -0.2) is 29.7 Å². The molecule has 22 heavy (non-hydrogen) atoms. The Labute approximate surface area is 120 Å². The van der Waals surface area contributed by atoms with Crippen molar-refractivity contribution in [2.45, 2.75) is 25.8 Å². The highest BCUT2D eigenvalue weighted by Gasteiger charge is 2.37. The van der Waals surface area contributed by atoms with Gasteiger partial charge in [0.25, 0.3) is 11.6 Å². The Morgan fingerprint density at radius 2 is 1.95 bits per heavy atom. The van der Waals surface area contributed by atoms with Crippen LogP contribution in [0.3, 0.4) is 0 Å². The number of hydrogen-bond donors (Lipinski definition) is 1. The molecule has 0 spiro atoms. The number of carbonyl (C=O) groups is 1. The van der Waals surface area contributed by atoms with E-state index in [0.29, 0.717) is 19.1 Å². The maximum absolute atomic E-state index is 12.4. The zero-order valence-electron chi connectivity index (χ0n) is 10.9. The molecule has 0 radical (unpaired) electrons. The van der Waals surface area contributed by atoms with Crippen LogP contribution in [-0.2, 0) is 0 Å². The number of halogens is 5. The average Bonchev–Trinajstić information content (AvgIpc) is 2.36. The van der Waals surface area contributed by atoms with Gasteiger partial charge >= 0.3 is 12.8 Å². The average molecular weight is 328 g/mol. The SMILES string of the molecule is C[C@H](NC(=O)c1cc([N+](=O)[O-])ccc1OC(F)F)C(F)(F)F. The first-order valence-corrected chi connectivity index (χ1v) is 5.63. The summed E-state index contributed by atoms with van der Waals surface area (Å²) >= 11 is 0. The third-order valence-electron chi connectivity index (χ3n) is 2.47. The smallest absolute Gasteiger partial charge is 0.408 e. The fraction of sp³-hybridized carbons (Fsp3) is 0.364. The molecule has 0 saturated carbocycles. The molecule has 1 aromatic rings. The van der Waals surface area contributed by atoms with Gasteiger partial charge in [0.05, 0.1) is 10.5 Å². The van der Waals surface area contributed by atoms with Crippen molar-refractivity contribution in [2.24, 2.45) is 0 Å². The molecule has 1 atom stereocenters. The maximum Gasteiger partial charge on any atom is 0.408 e. The molecule has 0 fully saturated rings. The number of nitrogens with one attached hydrogen (secondary N) is 1. The summed E-state index contributed by atoms with van der Waals surface area (Å²) in [4.78, 5) is 21.4. The van der Waals surface area contributed by atoms with Gasteiger partial charge in [-0.25, -0.2) is 0 Å². The van der Waals surface area contributed by atoms with Gasteiger partial charge in [-0.1, -0.05) is 0 Å². The number of nitro groups is 1. The van der Waals surface area contributed by atoms with Gasteiger partial charge < -0.3 is 10.1 Å². The first kappa shape index (κ1) is 17.6. The number of nitrogens with zero attached hydrogens (tertiary/aromatic N) is 1. The van der Waals surface area contributed by atoms with Gasteiger partial charge in [0.1, 0.15) is 11.8 Å². The molecule has 0 aromatic heterocycles. The first-order chi connectivity index (χ1) is 10.0. The van der Waals surface area contributed by atoms with Crippen LogP contribution < -0.4 is 10.1 Å². The minimum Gasteiger partial charge on any atom is -0.434 e. The number of carbonyl (C=O) groups excluding carboxylic acids is 1. The molecule has 1 rings (SSSR count). The Morgan fingerprint density at radius 3 is 2.41 bits per heavy atom. The fourth-order valence-electron chi connectivity index (χ4n) is 1.36. The van der Waals surface area contributed by atoms with Crippen LogP contribution in [0.15, 0.2) is 18.2 Å². The number of alkyl halides is 5. The zero-order chi connectivity index (χ0) is 17.1. The van der Waals surface area contributed by atoms with Gasteiger partial charge in [0, 0.05) is 12.1 Å². The number of rotatable bonds is 5. The third-order valence-corrected chi connectivity index (χ3v) is 2.47. The van der Waals surface area contributed by atoms with Crippen LogP contribution in [0.5, 0.6) is 5.75 Å². The Bertz CT molecular complexity index is 576. The molecule has 0 unspecified atom stereocenters. The third kappa shape index (κ3) is 4.53. The lowest BCUT2D eigenvalue weighted by Gasteiger charge is -2.18. The molecule has 1 amide bonds. The van der Waals surface area contributed by atoms with Gasteiger partial charge in [-0.05, 0) is 13.0 Å². The van der Waals surface area contributed by atoms with Crippen molar-refractivity contribution in [3.63, 3.8) is 0 Å². The van der Waals surface area contributed by atoms with E-state index in [9.17, 15) is 36.9 Å². The van der Waals surface area contributed by atoms with Crippen molar-refractivity contribution in [1.29, 1.82) is 0 Å². The Morgan fingerprint density at radius 1 is 1.36 bits per heavy atom. The minimum absolute atomic E-state index is 0.552. The number of nitro benzene ring substituents is 1. The van der Waals surface area contributed by atoms with Crippen LogP contribution in [0.4, 0.5) is 27.6 Å². The van der Waals surface area contributed by atoms with Crippen molar-refractivity contribution in [3.05, 3.63) is 33.9 Å². The molecule has 0 aliphatic carbocycles. The fourth-order valence-corrected chi connectivity index (χ4v) is 1.36. The minimum atomic E-state index is -4.76. The van der Waals surface area contributed by atoms with Crippen LogP contribution in [0.2, 0.25) is 0 Å².